The monoisotopic (exact) mass is 350 g/mol. The van der Waals surface area contributed by atoms with E-state index in [0.29, 0.717) is 19.0 Å². The molecule has 0 saturated heterocycles. The van der Waals surface area contributed by atoms with E-state index in [9.17, 15) is 5.11 Å². The van der Waals surface area contributed by atoms with Gasteiger partial charge in [0.15, 0.2) is 0 Å². The highest BCUT2D eigenvalue weighted by Crippen LogP contribution is 2.60. The first-order valence-corrected chi connectivity index (χ1v) is 10.4. The third-order valence-corrected chi connectivity index (χ3v) is 6.89. The molecule has 0 saturated carbocycles. The van der Waals surface area contributed by atoms with Gasteiger partial charge in [-0.2, -0.15) is 0 Å². The van der Waals surface area contributed by atoms with Crippen molar-refractivity contribution < 1.29 is 14.2 Å². The van der Waals surface area contributed by atoms with Crippen LogP contribution in [-0.2, 0) is 9.05 Å². The Morgan fingerprint density at radius 2 is 1.61 bits per heavy atom. The van der Waals surface area contributed by atoms with Gasteiger partial charge in [0.25, 0.3) is 0 Å². The summed E-state index contributed by atoms with van der Waals surface area (Å²) in [7, 11) is -1.06. The minimum Gasteiger partial charge on any atom is -0.508 e. The Labute approximate surface area is 143 Å². The summed E-state index contributed by atoms with van der Waals surface area (Å²) < 4.78 is 11.5. The largest absolute Gasteiger partial charge is 0.508 e. The molecule has 2 aromatic rings. The minimum atomic E-state index is -1.06. The Bertz CT molecular complexity index is 597. The second kappa shape index (κ2) is 9.29. The van der Waals surface area contributed by atoms with Crippen molar-refractivity contribution in [1.82, 2.24) is 0 Å². The quantitative estimate of drug-likeness (QED) is 0.609. The fourth-order valence-corrected chi connectivity index (χ4v) is 5.74. The summed E-state index contributed by atoms with van der Waals surface area (Å²) >= 11 is 1.63. The summed E-state index contributed by atoms with van der Waals surface area (Å²) in [5, 5.41) is 10.3. The number of benzene rings is 2. The van der Waals surface area contributed by atoms with Gasteiger partial charge in [-0.1, -0.05) is 59.4 Å². The van der Waals surface area contributed by atoms with Gasteiger partial charge in [0, 0.05) is 5.56 Å². The lowest BCUT2D eigenvalue weighted by Gasteiger charge is -2.23. The first-order chi connectivity index (χ1) is 11.2. The number of aromatic hydroxyl groups is 1. The number of rotatable bonds is 8. The molecule has 23 heavy (non-hydrogen) atoms. The first kappa shape index (κ1) is 18.3. The Hall–Kier alpha value is -1.06. The molecule has 3 nitrogen and oxygen atoms in total. The molecule has 0 radical (unpaired) electrons. The summed E-state index contributed by atoms with van der Waals surface area (Å²) in [4.78, 5) is 0. The van der Waals surface area contributed by atoms with E-state index in [1.54, 1.807) is 17.4 Å². The zero-order chi connectivity index (χ0) is 16.7. The molecule has 0 aliphatic carbocycles. The zero-order valence-corrected chi connectivity index (χ0v) is 15.4. The molecule has 0 spiro atoms. The molecule has 2 rings (SSSR count). The molecule has 0 amide bonds. The predicted molar refractivity (Wildman–Crippen MR) is 98.9 cm³/mol. The topological polar surface area (TPSA) is 38.7 Å². The lowest BCUT2D eigenvalue weighted by molar-refractivity contribution is 0.283. The number of para-hydroxylation sites is 1. The molecule has 0 heterocycles. The van der Waals surface area contributed by atoms with E-state index in [1.807, 2.05) is 32.0 Å². The molecule has 124 valence electrons. The molecule has 0 aliphatic heterocycles. The van der Waals surface area contributed by atoms with Crippen molar-refractivity contribution in [2.75, 3.05) is 13.2 Å². The smallest absolute Gasteiger partial charge is 0.238 e. The number of phenols is 1. The molecule has 5 heteroatoms. The fourth-order valence-electron chi connectivity index (χ4n) is 2.14. The fraction of sp³-hybridized carbons (Fsp3) is 0.333. The number of aryl methyl sites for hydroxylation is 1. The van der Waals surface area contributed by atoms with Crippen LogP contribution in [0.2, 0.25) is 0 Å². The Morgan fingerprint density at radius 1 is 1.00 bits per heavy atom. The lowest BCUT2D eigenvalue weighted by atomic mass is 10.0. The molecule has 1 unspecified atom stereocenters. The molecule has 0 bridgehead atoms. The van der Waals surface area contributed by atoms with Gasteiger partial charge < -0.3 is 14.2 Å². The highest BCUT2D eigenvalue weighted by atomic mass is 32.7. The normalized spacial score (nSPS) is 12.5. The van der Waals surface area contributed by atoms with Gasteiger partial charge >= 0.3 is 0 Å². The van der Waals surface area contributed by atoms with Crippen molar-refractivity contribution in [3.8, 4) is 5.75 Å². The average Bonchev–Trinajstić information content (AvgIpc) is 2.55. The Kier molecular flexibility index (Phi) is 7.38. The van der Waals surface area contributed by atoms with Gasteiger partial charge in [-0.05, 0) is 32.4 Å². The van der Waals surface area contributed by atoms with Crippen LogP contribution in [-0.4, -0.2) is 18.3 Å². The van der Waals surface area contributed by atoms with Gasteiger partial charge in [0.2, 0.25) is 7.58 Å². The van der Waals surface area contributed by atoms with E-state index in [-0.39, 0.29) is 5.25 Å². The van der Waals surface area contributed by atoms with Gasteiger partial charge in [-0.15, -0.1) is 0 Å². The van der Waals surface area contributed by atoms with E-state index in [1.165, 1.54) is 5.56 Å². The summed E-state index contributed by atoms with van der Waals surface area (Å²) in [5.41, 5.74) is 3.23. The van der Waals surface area contributed by atoms with E-state index in [2.05, 4.69) is 31.2 Å². The molecular weight excluding hydrogens is 327 g/mol. The summed E-state index contributed by atoms with van der Waals surface area (Å²) in [5.74, 6) is 0.300. The second-order valence-electron chi connectivity index (χ2n) is 5.01. The maximum atomic E-state index is 10.3. The van der Waals surface area contributed by atoms with E-state index < -0.39 is 7.58 Å². The third kappa shape index (κ3) is 5.22. The van der Waals surface area contributed by atoms with Crippen LogP contribution in [0.5, 0.6) is 5.75 Å². The van der Waals surface area contributed by atoms with E-state index in [0.717, 1.165) is 11.1 Å². The SMILES string of the molecule is CCOP(OCC)SC(c1ccc(C)cc1)c1ccccc1O. The summed E-state index contributed by atoms with van der Waals surface area (Å²) in [6.45, 7) is 7.23. The van der Waals surface area contributed by atoms with Crippen molar-refractivity contribution in [2.45, 2.75) is 26.0 Å². The predicted octanol–water partition coefficient (Wildman–Crippen LogP) is 5.82. The number of phenolic OH excluding ortho intramolecular Hbond substituents is 1. The summed E-state index contributed by atoms with van der Waals surface area (Å²) in [6.07, 6.45) is 0. The zero-order valence-electron chi connectivity index (χ0n) is 13.7. The van der Waals surface area contributed by atoms with Crippen molar-refractivity contribution >= 4 is 19.0 Å². The van der Waals surface area contributed by atoms with Crippen molar-refractivity contribution in [1.29, 1.82) is 0 Å². The van der Waals surface area contributed by atoms with Gasteiger partial charge in [-0.25, -0.2) is 0 Å². The molecular formula is C18H23O3PS. The molecule has 0 aliphatic rings. The van der Waals surface area contributed by atoms with Crippen LogP contribution >= 0.6 is 19.0 Å². The van der Waals surface area contributed by atoms with Crippen LogP contribution in [0.1, 0.15) is 35.8 Å². The van der Waals surface area contributed by atoms with Gasteiger partial charge in [0.1, 0.15) is 5.75 Å². The van der Waals surface area contributed by atoms with E-state index in [4.69, 9.17) is 9.05 Å². The van der Waals surface area contributed by atoms with Gasteiger partial charge in [-0.3, -0.25) is 0 Å². The third-order valence-electron chi connectivity index (χ3n) is 3.26. The molecule has 0 aromatic heterocycles. The van der Waals surface area contributed by atoms with E-state index >= 15 is 0 Å². The second-order valence-corrected chi connectivity index (χ2v) is 8.19. The van der Waals surface area contributed by atoms with Crippen LogP contribution < -0.4 is 0 Å². The van der Waals surface area contributed by atoms with Crippen LogP contribution in [0.25, 0.3) is 0 Å². The van der Waals surface area contributed by atoms with Crippen molar-refractivity contribution in [3.63, 3.8) is 0 Å². The van der Waals surface area contributed by atoms with Crippen LogP contribution in [0.15, 0.2) is 48.5 Å². The highest BCUT2D eigenvalue weighted by Gasteiger charge is 2.24. The molecule has 1 N–H and O–H groups in total. The van der Waals surface area contributed by atoms with Crippen molar-refractivity contribution in [3.05, 3.63) is 65.2 Å². The first-order valence-electron chi connectivity index (χ1n) is 7.72. The average molecular weight is 350 g/mol. The number of hydrogen-bond donors (Lipinski definition) is 1. The minimum absolute atomic E-state index is 0.0268. The maximum absolute atomic E-state index is 10.3. The lowest BCUT2D eigenvalue weighted by Crippen LogP contribution is -1.99. The number of hydrogen-bond acceptors (Lipinski definition) is 4. The standard InChI is InChI=1S/C18H23O3PS/c1-4-20-22(21-5-2)23-18(15-12-10-14(3)11-13-15)16-8-6-7-9-17(16)19/h6-13,18-19H,4-5H2,1-3H3. The van der Waals surface area contributed by atoms with Crippen LogP contribution in [0.4, 0.5) is 0 Å². The highest BCUT2D eigenvalue weighted by molar-refractivity contribution is 8.53. The molecule has 0 fully saturated rings. The molecule has 1 atom stereocenters. The maximum Gasteiger partial charge on any atom is 0.238 e. The molecule has 2 aromatic carbocycles. The van der Waals surface area contributed by atoms with Gasteiger partial charge in [0.05, 0.1) is 18.5 Å². The summed E-state index contributed by atoms with van der Waals surface area (Å²) in [6, 6.07) is 15.8. The Balaban J connectivity index is 2.34. The van der Waals surface area contributed by atoms with Crippen LogP contribution in [0, 0.1) is 6.92 Å². The Morgan fingerprint density at radius 3 is 2.17 bits per heavy atom. The van der Waals surface area contributed by atoms with Crippen molar-refractivity contribution in [2.24, 2.45) is 0 Å². The van der Waals surface area contributed by atoms with Crippen LogP contribution in [0.3, 0.4) is 0 Å².